The third-order valence-electron chi connectivity index (χ3n) is 4.43. The number of carbonyl (C=O) groups excluding carboxylic acids is 1. The van der Waals surface area contributed by atoms with Crippen LogP contribution in [-0.2, 0) is 31.1 Å². The lowest BCUT2D eigenvalue weighted by Crippen LogP contribution is -2.12. The summed E-state index contributed by atoms with van der Waals surface area (Å²) in [4.78, 5) is 17.9. The highest BCUT2D eigenvalue weighted by Gasteiger charge is 2.24. The highest BCUT2D eigenvalue weighted by Crippen LogP contribution is 2.37. The maximum absolute atomic E-state index is 13.6. The molecule has 3 aromatic rings. The largest absolute Gasteiger partial charge is 0.302 e. The monoisotopic (exact) mass is 356 g/mol. The molecule has 0 unspecified atom stereocenters. The quantitative estimate of drug-likeness (QED) is 0.780. The van der Waals surface area contributed by atoms with Crippen molar-refractivity contribution in [2.45, 2.75) is 25.7 Å². The molecule has 5 nitrogen and oxygen atoms in total. The van der Waals surface area contributed by atoms with Gasteiger partial charge in [-0.1, -0.05) is 18.2 Å². The third kappa shape index (κ3) is 3.07. The second-order valence-electron chi connectivity index (χ2n) is 6.06. The molecule has 0 fully saturated rings. The Bertz CT molecular complexity index is 946. The first-order valence-corrected chi connectivity index (χ1v) is 8.97. The number of rotatable bonds is 4. The first-order chi connectivity index (χ1) is 12.1. The van der Waals surface area contributed by atoms with Crippen LogP contribution in [-0.4, -0.2) is 20.7 Å². The van der Waals surface area contributed by atoms with Crippen LogP contribution in [0.2, 0.25) is 0 Å². The van der Waals surface area contributed by atoms with Crippen LogP contribution in [0, 0.1) is 5.82 Å². The van der Waals surface area contributed by atoms with Gasteiger partial charge in [-0.25, -0.2) is 9.37 Å². The van der Waals surface area contributed by atoms with Crippen molar-refractivity contribution in [1.29, 1.82) is 0 Å². The van der Waals surface area contributed by atoms with Crippen LogP contribution in [0.5, 0.6) is 0 Å². The van der Waals surface area contributed by atoms with Gasteiger partial charge in [0.1, 0.15) is 5.82 Å². The molecule has 1 aliphatic rings. The molecule has 4 rings (SSSR count). The van der Waals surface area contributed by atoms with E-state index in [9.17, 15) is 9.18 Å². The van der Waals surface area contributed by atoms with Crippen LogP contribution in [0.1, 0.15) is 22.6 Å². The molecule has 0 atom stereocenters. The number of hydrogen-bond acceptors (Lipinski definition) is 4. The Kier molecular flexibility index (Phi) is 4.09. The fraction of sp³-hybridized carbons (Fsp3) is 0.278. The van der Waals surface area contributed by atoms with Crippen LogP contribution in [0.25, 0.3) is 11.3 Å². The van der Waals surface area contributed by atoms with Gasteiger partial charge in [0.15, 0.2) is 5.13 Å². The summed E-state index contributed by atoms with van der Waals surface area (Å²) in [6.07, 6.45) is 4.27. The van der Waals surface area contributed by atoms with E-state index < -0.39 is 0 Å². The van der Waals surface area contributed by atoms with Crippen LogP contribution >= 0.6 is 11.3 Å². The highest BCUT2D eigenvalue weighted by atomic mass is 32.1. The zero-order valence-corrected chi connectivity index (χ0v) is 14.6. The predicted octanol–water partition coefficient (Wildman–Crippen LogP) is 3.35. The Balaban J connectivity index is 1.45. The number of benzene rings is 1. The summed E-state index contributed by atoms with van der Waals surface area (Å²) in [5.74, 6) is -0.426. The molecule has 1 amide bonds. The van der Waals surface area contributed by atoms with E-state index in [1.54, 1.807) is 18.2 Å². The summed E-state index contributed by atoms with van der Waals surface area (Å²) in [6, 6.07) is 6.53. The van der Waals surface area contributed by atoms with Crippen molar-refractivity contribution in [1.82, 2.24) is 14.8 Å². The second kappa shape index (κ2) is 6.40. The van der Waals surface area contributed by atoms with Gasteiger partial charge in [-0.3, -0.25) is 9.48 Å². The van der Waals surface area contributed by atoms with Crippen LogP contribution in [0.3, 0.4) is 0 Å². The molecule has 1 aromatic carbocycles. The lowest BCUT2D eigenvalue weighted by Gasteiger charge is -2.10. The predicted molar refractivity (Wildman–Crippen MR) is 95.1 cm³/mol. The SMILES string of the molecule is Cn1ncc2c1CCc1sc(NC(=O)CCc3ccccc3F)nc1-2. The summed E-state index contributed by atoms with van der Waals surface area (Å²) < 4.78 is 15.5. The van der Waals surface area contributed by atoms with Gasteiger partial charge in [-0.2, -0.15) is 5.10 Å². The molecule has 0 saturated heterocycles. The smallest absolute Gasteiger partial charge is 0.226 e. The van der Waals surface area contributed by atoms with Crippen molar-refractivity contribution in [3.63, 3.8) is 0 Å². The summed E-state index contributed by atoms with van der Waals surface area (Å²) >= 11 is 1.51. The average Bonchev–Trinajstić information content (AvgIpc) is 3.17. The molecule has 25 heavy (non-hydrogen) atoms. The first-order valence-electron chi connectivity index (χ1n) is 8.16. The van der Waals surface area contributed by atoms with Gasteiger partial charge in [0.05, 0.1) is 11.9 Å². The van der Waals surface area contributed by atoms with Crippen LogP contribution in [0.15, 0.2) is 30.5 Å². The van der Waals surface area contributed by atoms with Gasteiger partial charge < -0.3 is 5.32 Å². The number of aromatic nitrogens is 3. The summed E-state index contributed by atoms with van der Waals surface area (Å²) in [7, 11) is 1.93. The van der Waals surface area contributed by atoms with Gasteiger partial charge in [0, 0.05) is 29.6 Å². The Hall–Kier alpha value is -2.54. The zero-order chi connectivity index (χ0) is 17.4. The molecule has 0 saturated carbocycles. The first kappa shape index (κ1) is 16.0. The minimum Gasteiger partial charge on any atom is -0.302 e. The van der Waals surface area contributed by atoms with Gasteiger partial charge in [0.2, 0.25) is 5.91 Å². The molecule has 0 radical (unpaired) electrons. The molecule has 1 aliphatic carbocycles. The molecular formula is C18H17FN4OS. The Morgan fingerprint density at radius 1 is 1.36 bits per heavy atom. The highest BCUT2D eigenvalue weighted by molar-refractivity contribution is 7.16. The van der Waals surface area contributed by atoms with E-state index in [1.165, 1.54) is 28.0 Å². The standard InChI is InChI=1S/C18H17FN4OS/c1-23-14-7-8-15-17(12(14)10-20-23)22-18(25-15)21-16(24)9-6-11-4-2-3-5-13(11)19/h2-5,10H,6-9H2,1H3,(H,21,22,24). The third-order valence-corrected chi connectivity index (χ3v) is 5.46. The summed E-state index contributed by atoms with van der Waals surface area (Å²) in [5.41, 5.74) is 3.70. The number of hydrogen-bond donors (Lipinski definition) is 1. The molecule has 0 spiro atoms. The molecule has 2 heterocycles. The molecule has 2 aromatic heterocycles. The van der Waals surface area contributed by atoms with E-state index in [1.807, 2.05) is 17.9 Å². The van der Waals surface area contributed by atoms with Crippen molar-refractivity contribution < 1.29 is 9.18 Å². The number of fused-ring (bicyclic) bond motifs is 3. The average molecular weight is 356 g/mol. The minimum atomic E-state index is -0.274. The molecule has 0 aliphatic heterocycles. The molecule has 7 heteroatoms. The number of carbonyl (C=O) groups is 1. The van der Waals surface area contributed by atoms with Crippen molar-refractivity contribution >= 4 is 22.4 Å². The summed E-state index contributed by atoms with van der Waals surface area (Å²) in [6.45, 7) is 0. The molecule has 1 N–H and O–H groups in total. The normalized spacial score (nSPS) is 12.6. The minimum absolute atomic E-state index is 0.152. The van der Waals surface area contributed by atoms with E-state index >= 15 is 0 Å². The second-order valence-corrected chi connectivity index (χ2v) is 7.14. The Morgan fingerprint density at radius 3 is 3.04 bits per heavy atom. The number of amides is 1. The molecule has 128 valence electrons. The van der Waals surface area contributed by atoms with Gasteiger partial charge in [-0.15, -0.1) is 11.3 Å². The number of nitrogens with one attached hydrogen (secondary N) is 1. The number of halogens is 1. The van der Waals surface area contributed by atoms with Crippen LogP contribution < -0.4 is 5.32 Å². The lowest BCUT2D eigenvalue weighted by atomic mass is 10.0. The summed E-state index contributed by atoms with van der Waals surface area (Å²) in [5, 5.41) is 7.74. The van der Waals surface area contributed by atoms with Gasteiger partial charge in [0.25, 0.3) is 0 Å². The van der Waals surface area contributed by atoms with E-state index in [0.29, 0.717) is 17.1 Å². The van der Waals surface area contributed by atoms with Crippen molar-refractivity contribution in [3.05, 3.63) is 52.4 Å². The van der Waals surface area contributed by atoms with E-state index in [4.69, 9.17) is 0 Å². The lowest BCUT2D eigenvalue weighted by molar-refractivity contribution is -0.116. The Morgan fingerprint density at radius 2 is 2.20 bits per heavy atom. The number of aryl methyl sites for hydroxylation is 3. The maximum atomic E-state index is 13.6. The van der Waals surface area contributed by atoms with Crippen molar-refractivity contribution in [3.8, 4) is 11.3 Å². The van der Waals surface area contributed by atoms with Gasteiger partial charge in [-0.05, 0) is 30.9 Å². The maximum Gasteiger partial charge on any atom is 0.226 e. The zero-order valence-electron chi connectivity index (χ0n) is 13.8. The van der Waals surface area contributed by atoms with Gasteiger partial charge >= 0.3 is 0 Å². The molecule has 0 bridgehead atoms. The van der Waals surface area contributed by atoms with Crippen LogP contribution in [0.4, 0.5) is 9.52 Å². The Labute approximate surface area is 148 Å². The molecular weight excluding hydrogens is 339 g/mol. The van der Waals surface area contributed by atoms with Crippen molar-refractivity contribution in [2.75, 3.05) is 5.32 Å². The van der Waals surface area contributed by atoms with E-state index in [0.717, 1.165) is 24.1 Å². The fourth-order valence-corrected chi connectivity index (χ4v) is 4.10. The fourth-order valence-electron chi connectivity index (χ4n) is 3.11. The number of nitrogens with zero attached hydrogens (tertiary/aromatic N) is 3. The van der Waals surface area contributed by atoms with E-state index in [-0.39, 0.29) is 18.1 Å². The van der Waals surface area contributed by atoms with E-state index in [2.05, 4.69) is 15.4 Å². The number of anilines is 1. The van der Waals surface area contributed by atoms with Crippen molar-refractivity contribution in [2.24, 2.45) is 7.05 Å². The topological polar surface area (TPSA) is 59.8 Å². The number of thiazole rings is 1.